The first-order chi connectivity index (χ1) is 14.5. The lowest BCUT2D eigenvalue weighted by molar-refractivity contribution is -0.0329. The second kappa shape index (κ2) is 9.65. The number of pyridine rings is 1. The van der Waals surface area contributed by atoms with Crippen molar-refractivity contribution in [3.63, 3.8) is 0 Å². The number of aromatic nitrogens is 4. The molecule has 3 heterocycles. The highest BCUT2D eigenvalue weighted by Gasteiger charge is 2.30. The van der Waals surface area contributed by atoms with Gasteiger partial charge in [-0.05, 0) is 13.8 Å². The Morgan fingerprint density at radius 1 is 1.23 bits per heavy atom. The summed E-state index contributed by atoms with van der Waals surface area (Å²) in [6, 6.07) is 4.70. The van der Waals surface area contributed by atoms with Gasteiger partial charge in [-0.15, -0.1) is 0 Å². The van der Waals surface area contributed by atoms with Crippen LogP contribution in [-0.4, -0.2) is 40.9 Å². The molecular weight excluding hydrogens is 451 g/mol. The molecule has 0 saturated heterocycles. The van der Waals surface area contributed by atoms with E-state index in [4.69, 9.17) is 10.00 Å². The lowest BCUT2D eigenvalue weighted by atomic mass is 10.2. The summed E-state index contributed by atoms with van der Waals surface area (Å²) >= 11 is -0.334. The Morgan fingerprint density at radius 3 is 2.48 bits per heavy atom. The minimum atomic E-state index is -4.46. The van der Waals surface area contributed by atoms with Crippen LogP contribution in [0.4, 0.5) is 13.2 Å². The van der Waals surface area contributed by atoms with Crippen LogP contribution in [0.25, 0.3) is 17.0 Å². The van der Waals surface area contributed by atoms with E-state index in [9.17, 15) is 17.4 Å². The Balaban J connectivity index is 0.00000166. The third-order valence-corrected chi connectivity index (χ3v) is 5.16. The standard InChI is InChI=1S/C17H14F3N5O2S2.C2H6/c1-16(2,8-21)27-10-4-12(29(3)26)15(22-6-10)11-7-25-9-23-14(5-13(25)24-11)28-17(18,19)20;1-2/h4-7,9H,1-3H3;1-2H3. The van der Waals surface area contributed by atoms with E-state index in [-0.39, 0.29) is 28.2 Å². The average molecular weight is 472 g/mol. The zero-order chi connectivity index (χ0) is 23.4. The van der Waals surface area contributed by atoms with Crippen LogP contribution in [0.3, 0.4) is 0 Å². The zero-order valence-corrected chi connectivity index (χ0v) is 19.0. The van der Waals surface area contributed by atoms with Gasteiger partial charge in [-0.2, -0.15) is 18.4 Å². The van der Waals surface area contributed by atoms with Gasteiger partial charge in [0.05, 0.1) is 21.9 Å². The SMILES string of the molecule is CC.CS(=O)c1cc(OC(C)(C)C#N)cnc1-c1cn2cnc(SC(F)(F)F)cc2n1. The molecule has 0 aliphatic heterocycles. The van der Waals surface area contributed by atoms with Crippen molar-refractivity contribution in [2.45, 2.75) is 48.7 Å². The van der Waals surface area contributed by atoms with Crippen LogP contribution >= 0.6 is 11.8 Å². The summed E-state index contributed by atoms with van der Waals surface area (Å²) in [6.07, 6.45) is 5.57. The molecule has 0 radical (unpaired) electrons. The van der Waals surface area contributed by atoms with Gasteiger partial charge in [-0.1, -0.05) is 13.8 Å². The molecular formula is C19H20F3N5O2S2. The Labute approximate surface area is 184 Å². The molecule has 0 aromatic carbocycles. The molecule has 0 N–H and O–H groups in total. The maximum absolute atomic E-state index is 12.6. The van der Waals surface area contributed by atoms with Crippen molar-refractivity contribution < 1.29 is 22.1 Å². The van der Waals surface area contributed by atoms with Gasteiger partial charge in [0, 0.05) is 36.3 Å². The van der Waals surface area contributed by atoms with Crippen molar-refractivity contribution in [3.05, 3.63) is 30.9 Å². The number of imidazole rings is 1. The Kier molecular flexibility index (Phi) is 7.67. The Morgan fingerprint density at radius 2 is 1.90 bits per heavy atom. The fraction of sp³-hybridized carbons (Fsp3) is 0.368. The van der Waals surface area contributed by atoms with Crippen molar-refractivity contribution in [3.8, 4) is 23.2 Å². The van der Waals surface area contributed by atoms with Gasteiger partial charge in [0.1, 0.15) is 40.2 Å². The lowest BCUT2D eigenvalue weighted by Gasteiger charge is -2.18. The Hall–Kier alpha value is -2.65. The quantitative estimate of drug-likeness (QED) is 0.388. The molecule has 0 fully saturated rings. The minimum Gasteiger partial charge on any atom is -0.471 e. The molecule has 0 spiro atoms. The first-order valence-electron chi connectivity index (χ1n) is 9.02. The number of ether oxygens (including phenoxy) is 1. The van der Waals surface area contributed by atoms with Crippen molar-refractivity contribution in [1.29, 1.82) is 5.26 Å². The summed E-state index contributed by atoms with van der Waals surface area (Å²) < 4.78 is 56.9. The maximum atomic E-state index is 12.6. The van der Waals surface area contributed by atoms with Crippen LogP contribution in [0.1, 0.15) is 27.7 Å². The fourth-order valence-electron chi connectivity index (χ4n) is 2.37. The molecule has 166 valence electrons. The van der Waals surface area contributed by atoms with Crippen molar-refractivity contribution in [2.24, 2.45) is 0 Å². The molecule has 1 atom stereocenters. The number of hydrogen-bond acceptors (Lipinski definition) is 7. The summed E-state index contributed by atoms with van der Waals surface area (Å²) in [5.41, 5.74) is -4.71. The van der Waals surface area contributed by atoms with Gasteiger partial charge >= 0.3 is 5.51 Å². The lowest BCUT2D eigenvalue weighted by Crippen LogP contribution is -2.25. The maximum Gasteiger partial charge on any atom is 0.447 e. The van der Waals surface area contributed by atoms with Crippen molar-refractivity contribution in [2.75, 3.05) is 6.26 Å². The number of alkyl halides is 3. The van der Waals surface area contributed by atoms with E-state index in [2.05, 4.69) is 15.0 Å². The van der Waals surface area contributed by atoms with E-state index >= 15 is 0 Å². The second-order valence-electron chi connectivity index (χ2n) is 6.36. The first-order valence-corrected chi connectivity index (χ1v) is 11.4. The smallest absolute Gasteiger partial charge is 0.447 e. The van der Waals surface area contributed by atoms with Crippen LogP contribution in [0, 0.1) is 11.3 Å². The van der Waals surface area contributed by atoms with Gasteiger partial charge < -0.3 is 4.74 Å². The van der Waals surface area contributed by atoms with Crippen LogP contribution < -0.4 is 4.74 Å². The number of hydrogen-bond donors (Lipinski definition) is 0. The molecule has 3 aromatic rings. The monoisotopic (exact) mass is 471 g/mol. The van der Waals surface area contributed by atoms with Gasteiger partial charge in [-0.25, -0.2) is 15.0 Å². The van der Waals surface area contributed by atoms with Gasteiger partial charge in [0.25, 0.3) is 0 Å². The predicted molar refractivity (Wildman–Crippen MR) is 112 cm³/mol. The highest BCUT2D eigenvalue weighted by molar-refractivity contribution is 8.00. The first kappa shape index (κ1) is 24.6. The molecule has 0 bridgehead atoms. The van der Waals surface area contributed by atoms with Crippen molar-refractivity contribution >= 4 is 28.2 Å². The average Bonchev–Trinajstić information content (AvgIpc) is 3.11. The summed E-state index contributed by atoms with van der Waals surface area (Å²) in [7, 11) is -1.46. The third kappa shape index (κ3) is 6.41. The van der Waals surface area contributed by atoms with Gasteiger partial charge in [0.15, 0.2) is 5.60 Å². The normalized spacial score (nSPS) is 12.6. The molecule has 1 unspecified atom stereocenters. The van der Waals surface area contributed by atoms with Gasteiger partial charge in [-0.3, -0.25) is 8.61 Å². The number of fused-ring (bicyclic) bond motifs is 1. The van der Waals surface area contributed by atoms with E-state index < -0.39 is 21.9 Å². The van der Waals surface area contributed by atoms with Crippen LogP contribution in [-0.2, 0) is 10.8 Å². The highest BCUT2D eigenvalue weighted by atomic mass is 32.2. The van der Waals surface area contributed by atoms with E-state index in [0.29, 0.717) is 16.3 Å². The number of rotatable bonds is 5. The number of thioether (sulfide) groups is 1. The highest BCUT2D eigenvalue weighted by Crippen LogP contribution is 2.36. The molecule has 3 rings (SSSR count). The van der Waals surface area contributed by atoms with Gasteiger partial charge in [0.2, 0.25) is 0 Å². The molecule has 31 heavy (non-hydrogen) atoms. The number of nitrogens with zero attached hydrogens (tertiary/aromatic N) is 5. The largest absolute Gasteiger partial charge is 0.471 e. The summed E-state index contributed by atoms with van der Waals surface area (Å²) in [4.78, 5) is 12.6. The zero-order valence-electron chi connectivity index (χ0n) is 17.4. The Bertz CT molecular complexity index is 1140. The molecule has 3 aromatic heterocycles. The van der Waals surface area contributed by atoms with Crippen LogP contribution in [0.15, 0.2) is 40.8 Å². The predicted octanol–water partition coefficient (Wildman–Crippen LogP) is 4.85. The van der Waals surface area contributed by atoms with Crippen molar-refractivity contribution in [1.82, 2.24) is 19.4 Å². The van der Waals surface area contributed by atoms with E-state index in [1.165, 1.54) is 41.5 Å². The van der Waals surface area contributed by atoms with E-state index in [1.807, 2.05) is 19.9 Å². The summed E-state index contributed by atoms with van der Waals surface area (Å²) in [5.74, 6) is 0.264. The van der Waals surface area contributed by atoms with Crippen LogP contribution in [0.2, 0.25) is 0 Å². The van der Waals surface area contributed by atoms with E-state index in [0.717, 1.165) is 0 Å². The fourth-order valence-corrected chi connectivity index (χ4v) is 3.59. The van der Waals surface area contributed by atoms with E-state index in [1.54, 1.807) is 13.8 Å². The molecule has 0 aliphatic rings. The summed E-state index contributed by atoms with van der Waals surface area (Å²) in [5, 5.41) is 8.85. The molecule has 0 amide bonds. The molecule has 12 heteroatoms. The molecule has 7 nitrogen and oxygen atoms in total. The molecule has 0 aliphatic carbocycles. The topological polar surface area (TPSA) is 93.2 Å². The molecule has 0 saturated carbocycles. The summed E-state index contributed by atoms with van der Waals surface area (Å²) in [6.45, 7) is 7.16. The minimum absolute atomic E-state index is 0.238. The van der Waals surface area contributed by atoms with Crippen LogP contribution in [0.5, 0.6) is 5.75 Å². The second-order valence-corrected chi connectivity index (χ2v) is 8.80. The number of nitriles is 1. The number of halogens is 3. The third-order valence-electron chi connectivity index (χ3n) is 3.57.